The first-order valence-electron chi connectivity index (χ1n) is 11.3. The van der Waals surface area contributed by atoms with Crippen LogP contribution in [0.25, 0.3) is 10.9 Å². The number of hydrogen-bond donors (Lipinski definition) is 1. The number of benzene rings is 2. The summed E-state index contributed by atoms with van der Waals surface area (Å²) in [7, 11) is 0. The van der Waals surface area contributed by atoms with Gasteiger partial charge in [0.1, 0.15) is 11.6 Å². The summed E-state index contributed by atoms with van der Waals surface area (Å²) in [5.41, 5.74) is 4.35. The van der Waals surface area contributed by atoms with E-state index in [9.17, 15) is 9.18 Å². The van der Waals surface area contributed by atoms with E-state index < -0.39 is 0 Å². The molecule has 0 saturated carbocycles. The monoisotopic (exact) mass is 430 g/mol. The van der Waals surface area contributed by atoms with E-state index in [1.807, 2.05) is 37.3 Å². The number of carbonyl (C=O) groups excluding carboxylic acids is 1. The maximum atomic E-state index is 13.8. The lowest BCUT2D eigenvalue weighted by Gasteiger charge is -2.25. The number of nitrogens with one attached hydrogen (secondary N) is 1. The van der Waals surface area contributed by atoms with Crippen LogP contribution in [-0.4, -0.2) is 16.5 Å². The zero-order valence-corrected chi connectivity index (χ0v) is 18.2. The van der Waals surface area contributed by atoms with Gasteiger partial charge in [-0.25, -0.2) is 4.39 Å². The minimum atomic E-state index is -0.226. The van der Waals surface area contributed by atoms with Crippen molar-refractivity contribution in [1.29, 1.82) is 0 Å². The molecule has 0 bridgehead atoms. The van der Waals surface area contributed by atoms with Crippen LogP contribution in [-0.2, 0) is 24.2 Å². The largest absolute Gasteiger partial charge is 0.469 e. The van der Waals surface area contributed by atoms with Crippen LogP contribution in [0.15, 0.2) is 71.3 Å². The number of hydrogen-bond acceptors (Lipinski definition) is 2. The molecule has 164 valence electrons. The molecule has 2 atom stereocenters. The molecule has 1 amide bonds. The summed E-state index contributed by atoms with van der Waals surface area (Å²) in [5, 5.41) is 4.32. The van der Waals surface area contributed by atoms with Crippen LogP contribution < -0.4 is 5.32 Å². The number of halogens is 1. The average Bonchev–Trinajstić information content (AvgIpc) is 3.40. The molecule has 5 heteroatoms. The topological polar surface area (TPSA) is 47.2 Å². The molecule has 0 radical (unpaired) electrons. The second kappa shape index (κ2) is 8.65. The highest BCUT2D eigenvalue weighted by molar-refractivity contribution is 5.94. The van der Waals surface area contributed by atoms with E-state index in [4.69, 9.17) is 4.42 Å². The number of carbonyl (C=O) groups is 1. The molecule has 2 unspecified atom stereocenters. The molecule has 1 N–H and O–H groups in total. The highest BCUT2D eigenvalue weighted by Gasteiger charge is 2.32. The average molecular weight is 431 g/mol. The quantitative estimate of drug-likeness (QED) is 0.434. The Bertz CT molecular complexity index is 1240. The number of rotatable bonds is 6. The van der Waals surface area contributed by atoms with Crippen molar-refractivity contribution in [2.75, 3.05) is 0 Å². The summed E-state index contributed by atoms with van der Waals surface area (Å²) in [4.78, 5) is 13.4. The van der Waals surface area contributed by atoms with Crippen molar-refractivity contribution in [1.82, 2.24) is 9.88 Å². The summed E-state index contributed by atoms with van der Waals surface area (Å²) >= 11 is 0. The number of fused-ring (bicyclic) bond motifs is 3. The Labute approximate surface area is 187 Å². The van der Waals surface area contributed by atoms with E-state index in [0.29, 0.717) is 13.0 Å². The van der Waals surface area contributed by atoms with Crippen LogP contribution in [0.2, 0.25) is 0 Å². The summed E-state index contributed by atoms with van der Waals surface area (Å²) in [5.74, 6) is 0.527. The van der Waals surface area contributed by atoms with Crippen LogP contribution in [0.3, 0.4) is 0 Å². The highest BCUT2D eigenvalue weighted by Crippen LogP contribution is 2.39. The Morgan fingerprint density at radius 2 is 2.06 bits per heavy atom. The molecule has 0 aliphatic heterocycles. The number of furan rings is 1. The van der Waals surface area contributed by atoms with Crippen molar-refractivity contribution in [2.45, 2.75) is 51.1 Å². The second-order valence-electron chi connectivity index (χ2n) is 8.73. The van der Waals surface area contributed by atoms with Crippen LogP contribution in [0.5, 0.6) is 0 Å². The van der Waals surface area contributed by atoms with Gasteiger partial charge < -0.3 is 14.3 Å². The lowest BCUT2D eigenvalue weighted by atomic mass is 9.84. The van der Waals surface area contributed by atoms with Gasteiger partial charge in [-0.3, -0.25) is 4.79 Å². The van der Waals surface area contributed by atoms with Gasteiger partial charge in [-0.2, -0.15) is 0 Å². The molecule has 32 heavy (non-hydrogen) atoms. The molecule has 2 heterocycles. The second-order valence-corrected chi connectivity index (χ2v) is 8.73. The first-order chi connectivity index (χ1) is 15.6. The first kappa shape index (κ1) is 20.6. The molecule has 0 fully saturated rings. The normalized spacial score (nSPS) is 16.6. The lowest BCUT2D eigenvalue weighted by Crippen LogP contribution is -2.38. The summed E-state index contributed by atoms with van der Waals surface area (Å²) in [6, 6.07) is 18.8. The van der Waals surface area contributed by atoms with Crippen LogP contribution in [0.1, 0.15) is 48.3 Å². The Balaban J connectivity index is 1.47. The highest BCUT2D eigenvalue weighted by atomic mass is 19.1. The number of para-hydroxylation sites is 1. The van der Waals surface area contributed by atoms with Crippen molar-refractivity contribution in [2.24, 2.45) is 0 Å². The van der Waals surface area contributed by atoms with Crippen LogP contribution in [0.4, 0.5) is 4.39 Å². The Kier molecular flexibility index (Phi) is 5.56. The fourth-order valence-corrected chi connectivity index (χ4v) is 5.05. The predicted octanol–water partition coefficient (Wildman–Crippen LogP) is 5.59. The minimum Gasteiger partial charge on any atom is -0.469 e. The maximum Gasteiger partial charge on any atom is 0.227 e. The molecule has 1 aliphatic rings. The van der Waals surface area contributed by atoms with Gasteiger partial charge >= 0.3 is 0 Å². The zero-order valence-electron chi connectivity index (χ0n) is 18.2. The molecule has 4 nitrogen and oxygen atoms in total. The number of nitrogens with zero attached hydrogens (tertiary/aromatic N) is 1. The van der Waals surface area contributed by atoms with Gasteiger partial charge in [0.15, 0.2) is 0 Å². The Morgan fingerprint density at radius 3 is 2.88 bits per heavy atom. The van der Waals surface area contributed by atoms with Gasteiger partial charge in [-0.1, -0.05) is 30.3 Å². The lowest BCUT2D eigenvalue weighted by molar-refractivity contribution is -0.123. The van der Waals surface area contributed by atoms with Crippen LogP contribution in [0, 0.1) is 5.82 Å². The van der Waals surface area contributed by atoms with E-state index >= 15 is 0 Å². The van der Waals surface area contributed by atoms with Gasteiger partial charge in [-0.05, 0) is 67.6 Å². The number of amides is 1. The SMILES string of the molecule is CC(Cc1ccco1)NC(=O)C1CCCc2c1c1ccccc1n2Cc1cccc(F)c1. The standard InChI is InChI=1S/C27H27FN2O2/c1-18(15-21-9-6-14-32-21)29-27(31)23-11-5-13-25-26(23)22-10-2-3-12-24(22)30(25)17-19-7-4-8-20(28)16-19/h2-4,6-10,12,14,16,18,23H,5,11,13,15,17H2,1H3,(H,29,31). The summed E-state index contributed by atoms with van der Waals surface area (Å²) < 4.78 is 21.5. The van der Waals surface area contributed by atoms with Gasteiger partial charge in [0.05, 0.1) is 12.2 Å². The van der Waals surface area contributed by atoms with Crippen molar-refractivity contribution >= 4 is 16.8 Å². The molecule has 4 aromatic rings. The molecular weight excluding hydrogens is 403 g/mol. The van der Waals surface area contributed by atoms with Gasteiger partial charge in [0, 0.05) is 35.6 Å². The van der Waals surface area contributed by atoms with E-state index in [0.717, 1.165) is 47.1 Å². The van der Waals surface area contributed by atoms with E-state index in [2.05, 4.69) is 22.0 Å². The first-order valence-corrected chi connectivity index (χ1v) is 11.3. The summed E-state index contributed by atoms with van der Waals surface area (Å²) in [6.07, 6.45) is 5.03. The van der Waals surface area contributed by atoms with Gasteiger partial charge in [0.25, 0.3) is 0 Å². The fraction of sp³-hybridized carbons (Fsp3) is 0.296. The van der Waals surface area contributed by atoms with Crippen molar-refractivity contribution in [3.05, 3.63) is 95.3 Å². The predicted molar refractivity (Wildman–Crippen MR) is 123 cm³/mol. The van der Waals surface area contributed by atoms with Crippen molar-refractivity contribution in [3.8, 4) is 0 Å². The number of aromatic nitrogens is 1. The van der Waals surface area contributed by atoms with E-state index in [1.165, 1.54) is 11.8 Å². The third kappa shape index (κ3) is 3.95. The van der Waals surface area contributed by atoms with E-state index in [-0.39, 0.29) is 23.7 Å². The van der Waals surface area contributed by atoms with Crippen molar-refractivity contribution < 1.29 is 13.6 Å². The Morgan fingerprint density at radius 1 is 1.19 bits per heavy atom. The third-order valence-electron chi connectivity index (χ3n) is 6.40. The smallest absolute Gasteiger partial charge is 0.227 e. The molecule has 2 aromatic carbocycles. The van der Waals surface area contributed by atoms with Crippen molar-refractivity contribution in [3.63, 3.8) is 0 Å². The minimum absolute atomic E-state index is 0.0142. The third-order valence-corrected chi connectivity index (χ3v) is 6.40. The van der Waals surface area contributed by atoms with Crippen LogP contribution >= 0.6 is 0 Å². The van der Waals surface area contributed by atoms with Gasteiger partial charge in [-0.15, -0.1) is 0 Å². The molecule has 0 spiro atoms. The molecule has 5 rings (SSSR count). The molecule has 2 aromatic heterocycles. The maximum absolute atomic E-state index is 13.8. The summed E-state index contributed by atoms with van der Waals surface area (Å²) in [6.45, 7) is 2.61. The molecule has 0 saturated heterocycles. The molecule has 1 aliphatic carbocycles. The Hall–Kier alpha value is -3.34. The van der Waals surface area contributed by atoms with E-state index in [1.54, 1.807) is 18.4 Å². The van der Waals surface area contributed by atoms with Gasteiger partial charge in [0.2, 0.25) is 5.91 Å². The molecular formula is C27H27FN2O2. The zero-order chi connectivity index (χ0) is 22.1. The fourth-order valence-electron chi connectivity index (χ4n) is 5.05.